The Morgan fingerprint density at radius 1 is 1.40 bits per heavy atom. The van der Waals surface area contributed by atoms with E-state index in [-0.39, 0.29) is 6.10 Å². The highest BCUT2D eigenvalue weighted by atomic mass is 16.5. The number of carbonyl (C=O) groups excluding carboxylic acids is 1. The molecule has 1 aromatic carbocycles. The number of hydrogen-bond acceptors (Lipinski definition) is 2. The average molecular weight is 206 g/mol. The first-order chi connectivity index (χ1) is 7.20. The van der Waals surface area contributed by atoms with Crippen LogP contribution in [0.25, 0.3) is 0 Å². The molecule has 1 unspecified atom stereocenters. The molecule has 0 aliphatic heterocycles. The lowest BCUT2D eigenvalue weighted by Gasteiger charge is -2.18. The fourth-order valence-corrected chi connectivity index (χ4v) is 1.75. The highest BCUT2D eigenvalue weighted by molar-refractivity contribution is 5.41. The molecule has 0 aromatic heterocycles. The fraction of sp³-hybridized carbons (Fsp3) is 0.462. The minimum Gasteiger partial charge on any atom is -0.460 e. The standard InChI is InChI=1S/C13H18O2/c1-4-6-13(15-9-14)12-8-5-7-10(2)11(12)3/h5,7-9,13H,4,6H2,1-3H3. The van der Waals surface area contributed by atoms with E-state index in [1.807, 2.05) is 12.1 Å². The van der Waals surface area contributed by atoms with Crippen LogP contribution in [-0.2, 0) is 9.53 Å². The molecule has 0 aliphatic carbocycles. The molecule has 0 saturated heterocycles. The Kier molecular flexibility index (Phi) is 4.35. The van der Waals surface area contributed by atoms with Crippen LogP contribution < -0.4 is 0 Å². The van der Waals surface area contributed by atoms with Gasteiger partial charge in [0.2, 0.25) is 0 Å². The fourth-order valence-electron chi connectivity index (χ4n) is 1.75. The number of aryl methyl sites for hydroxylation is 1. The molecule has 1 atom stereocenters. The average Bonchev–Trinajstić information content (AvgIpc) is 2.22. The molecule has 0 N–H and O–H groups in total. The van der Waals surface area contributed by atoms with Gasteiger partial charge in [0, 0.05) is 0 Å². The van der Waals surface area contributed by atoms with E-state index < -0.39 is 0 Å². The molecule has 0 heterocycles. The number of benzene rings is 1. The van der Waals surface area contributed by atoms with Crippen molar-refractivity contribution in [2.24, 2.45) is 0 Å². The summed E-state index contributed by atoms with van der Waals surface area (Å²) >= 11 is 0. The van der Waals surface area contributed by atoms with Crippen LogP contribution in [0.15, 0.2) is 18.2 Å². The zero-order valence-electron chi connectivity index (χ0n) is 9.62. The number of ether oxygens (including phenoxy) is 1. The summed E-state index contributed by atoms with van der Waals surface area (Å²) in [5.41, 5.74) is 3.59. The summed E-state index contributed by atoms with van der Waals surface area (Å²) in [5.74, 6) is 0. The highest BCUT2D eigenvalue weighted by Gasteiger charge is 2.14. The minimum absolute atomic E-state index is 0.0904. The van der Waals surface area contributed by atoms with Crippen molar-refractivity contribution in [2.75, 3.05) is 0 Å². The van der Waals surface area contributed by atoms with Gasteiger partial charge in [0.1, 0.15) is 6.10 Å². The Bertz CT molecular complexity index is 331. The van der Waals surface area contributed by atoms with E-state index in [1.54, 1.807) is 0 Å². The zero-order valence-corrected chi connectivity index (χ0v) is 9.62. The maximum Gasteiger partial charge on any atom is 0.293 e. The van der Waals surface area contributed by atoms with Gasteiger partial charge in [-0.05, 0) is 37.0 Å². The Morgan fingerprint density at radius 3 is 2.73 bits per heavy atom. The molecule has 0 bridgehead atoms. The molecule has 15 heavy (non-hydrogen) atoms. The topological polar surface area (TPSA) is 26.3 Å². The smallest absolute Gasteiger partial charge is 0.293 e. The first kappa shape index (κ1) is 11.8. The summed E-state index contributed by atoms with van der Waals surface area (Å²) in [6, 6.07) is 6.11. The lowest BCUT2D eigenvalue weighted by atomic mass is 9.97. The van der Waals surface area contributed by atoms with E-state index in [2.05, 4.69) is 26.8 Å². The Labute approximate surface area is 91.3 Å². The number of hydrogen-bond donors (Lipinski definition) is 0. The molecule has 0 saturated carbocycles. The predicted octanol–water partition coefficient (Wildman–Crippen LogP) is 3.32. The molecule has 0 radical (unpaired) electrons. The second-order valence-electron chi connectivity index (χ2n) is 3.80. The second-order valence-corrected chi connectivity index (χ2v) is 3.80. The van der Waals surface area contributed by atoms with Gasteiger partial charge in [-0.2, -0.15) is 0 Å². The minimum atomic E-state index is -0.0904. The SMILES string of the molecule is CCCC(OC=O)c1cccc(C)c1C. The summed E-state index contributed by atoms with van der Waals surface area (Å²) in [7, 11) is 0. The first-order valence-electron chi connectivity index (χ1n) is 5.36. The van der Waals surface area contributed by atoms with Crippen LogP contribution >= 0.6 is 0 Å². The largest absolute Gasteiger partial charge is 0.460 e. The van der Waals surface area contributed by atoms with Crippen LogP contribution in [-0.4, -0.2) is 6.47 Å². The molecule has 0 amide bonds. The summed E-state index contributed by atoms with van der Waals surface area (Å²) in [5, 5.41) is 0. The van der Waals surface area contributed by atoms with Crippen LogP contribution in [0, 0.1) is 13.8 Å². The summed E-state index contributed by atoms with van der Waals surface area (Å²) in [4.78, 5) is 10.4. The number of carbonyl (C=O) groups is 1. The van der Waals surface area contributed by atoms with E-state index in [0.29, 0.717) is 6.47 Å². The molecule has 1 aromatic rings. The van der Waals surface area contributed by atoms with Crippen molar-refractivity contribution >= 4 is 6.47 Å². The molecule has 2 heteroatoms. The maximum absolute atomic E-state index is 10.4. The van der Waals surface area contributed by atoms with Crippen molar-refractivity contribution in [1.82, 2.24) is 0 Å². The Hall–Kier alpha value is -1.31. The van der Waals surface area contributed by atoms with Gasteiger partial charge in [-0.15, -0.1) is 0 Å². The van der Waals surface area contributed by atoms with Crippen molar-refractivity contribution in [3.8, 4) is 0 Å². The van der Waals surface area contributed by atoms with Crippen molar-refractivity contribution in [3.05, 3.63) is 34.9 Å². The van der Waals surface area contributed by atoms with Gasteiger partial charge >= 0.3 is 0 Å². The summed E-state index contributed by atoms with van der Waals surface area (Å²) in [6.45, 7) is 6.78. The molecule has 0 spiro atoms. The third-order valence-electron chi connectivity index (χ3n) is 2.76. The maximum atomic E-state index is 10.4. The van der Waals surface area contributed by atoms with Crippen LogP contribution in [0.1, 0.15) is 42.6 Å². The second kappa shape index (κ2) is 5.54. The van der Waals surface area contributed by atoms with Gasteiger partial charge in [-0.1, -0.05) is 31.5 Å². The molecular formula is C13H18O2. The van der Waals surface area contributed by atoms with Crippen LogP contribution in [0.3, 0.4) is 0 Å². The lowest BCUT2D eigenvalue weighted by Crippen LogP contribution is -2.05. The molecule has 0 aliphatic rings. The normalized spacial score (nSPS) is 12.2. The highest BCUT2D eigenvalue weighted by Crippen LogP contribution is 2.26. The first-order valence-corrected chi connectivity index (χ1v) is 5.36. The Balaban J connectivity index is 2.99. The predicted molar refractivity (Wildman–Crippen MR) is 60.7 cm³/mol. The quantitative estimate of drug-likeness (QED) is 0.691. The van der Waals surface area contributed by atoms with Gasteiger partial charge in [0.15, 0.2) is 0 Å². The van der Waals surface area contributed by atoms with E-state index in [0.717, 1.165) is 18.4 Å². The van der Waals surface area contributed by atoms with E-state index in [4.69, 9.17) is 4.74 Å². The van der Waals surface area contributed by atoms with Crippen molar-refractivity contribution in [2.45, 2.75) is 39.7 Å². The third kappa shape index (κ3) is 2.82. The third-order valence-corrected chi connectivity index (χ3v) is 2.76. The molecule has 0 fully saturated rings. The van der Waals surface area contributed by atoms with Gasteiger partial charge in [-0.3, -0.25) is 4.79 Å². The number of rotatable bonds is 5. The molecule has 1 rings (SSSR count). The van der Waals surface area contributed by atoms with Crippen LogP contribution in [0.5, 0.6) is 0 Å². The van der Waals surface area contributed by atoms with Crippen LogP contribution in [0.4, 0.5) is 0 Å². The monoisotopic (exact) mass is 206 g/mol. The zero-order chi connectivity index (χ0) is 11.3. The van der Waals surface area contributed by atoms with Gasteiger partial charge in [-0.25, -0.2) is 0 Å². The molecule has 2 nitrogen and oxygen atoms in total. The van der Waals surface area contributed by atoms with E-state index in [1.165, 1.54) is 11.1 Å². The van der Waals surface area contributed by atoms with Gasteiger partial charge in [0.25, 0.3) is 6.47 Å². The summed E-state index contributed by atoms with van der Waals surface area (Å²) in [6.07, 6.45) is 1.79. The van der Waals surface area contributed by atoms with Crippen molar-refractivity contribution in [1.29, 1.82) is 0 Å². The van der Waals surface area contributed by atoms with Gasteiger partial charge < -0.3 is 4.74 Å². The molecule has 82 valence electrons. The van der Waals surface area contributed by atoms with Gasteiger partial charge in [0.05, 0.1) is 0 Å². The lowest BCUT2D eigenvalue weighted by molar-refractivity contribution is -0.134. The van der Waals surface area contributed by atoms with Crippen molar-refractivity contribution < 1.29 is 9.53 Å². The Morgan fingerprint density at radius 2 is 2.13 bits per heavy atom. The summed E-state index contributed by atoms with van der Waals surface area (Å²) < 4.78 is 5.12. The van der Waals surface area contributed by atoms with Crippen molar-refractivity contribution in [3.63, 3.8) is 0 Å². The molecular weight excluding hydrogens is 188 g/mol. The van der Waals surface area contributed by atoms with Crippen LogP contribution in [0.2, 0.25) is 0 Å². The van der Waals surface area contributed by atoms with E-state index >= 15 is 0 Å². The van der Waals surface area contributed by atoms with E-state index in [9.17, 15) is 4.79 Å².